The Bertz CT molecular complexity index is 210. The summed E-state index contributed by atoms with van der Waals surface area (Å²) >= 11 is 0. The number of hydrogen-bond donors (Lipinski definition) is 0. The van der Waals surface area contributed by atoms with Crippen molar-refractivity contribution in [2.45, 2.75) is 6.92 Å². The second-order valence-corrected chi connectivity index (χ2v) is 3.14. The van der Waals surface area contributed by atoms with E-state index in [1.807, 2.05) is 6.92 Å². The van der Waals surface area contributed by atoms with Crippen LogP contribution in [0.5, 0.6) is 0 Å². The smallest absolute Gasteiger partial charge is 0.279 e. The largest absolute Gasteiger partial charge is 0.426 e. The minimum atomic E-state index is -0.131. The minimum absolute atomic E-state index is 0.0307. The molecule has 0 bridgehead atoms. The number of urea groups is 1. The van der Waals surface area contributed by atoms with Crippen molar-refractivity contribution in [3.05, 3.63) is 0 Å². The van der Waals surface area contributed by atoms with Crippen LogP contribution in [0.15, 0.2) is 0 Å². The molecule has 11 heavy (non-hydrogen) atoms. The zero-order valence-corrected chi connectivity index (χ0v) is 7.13. The Hall–Kier alpha value is -0.900. The lowest BCUT2D eigenvalue weighted by molar-refractivity contribution is -0.723. The molecule has 0 radical (unpaired) electrons. The van der Waals surface area contributed by atoms with E-state index in [4.69, 9.17) is 0 Å². The van der Waals surface area contributed by atoms with Gasteiger partial charge in [0.05, 0.1) is 14.1 Å². The van der Waals surface area contributed by atoms with Crippen LogP contribution in [-0.2, 0) is 4.79 Å². The lowest BCUT2D eigenvalue weighted by atomic mass is 10.5. The minimum Gasteiger partial charge on any atom is -0.279 e. The predicted octanol–water partition coefficient (Wildman–Crippen LogP) is 0.0449. The fourth-order valence-corrected chi connectivity index (χ4v) is 1.11. The summed E-state index contributed by atoms with van der Waals surface area (Å²) in [6.45, 7) is 2.76. The van der Waals surface area contributed by atoms with Gasteiger partial charge in [0, 0.05) is 6.54 Å². The number of imide groups is 1. The van der Waals surface area contributed by atoms with Crippen molar-refractivity contribution in [3.63, 3.8) is 0 Å². The topological polar surface area (TPSA) is 37.4 Å². The highest BCUT2D eigenvalue weighted by molar-refractivity contribution is 5.91. The predicted molar refractivity (Wildman–Crippen MR) is 39.8 cm³/mol. The Morgan fingerprint density at radius 3 is 2.18 bits per heavy atom. The van der Waals surface area contributed by atoms with Gasteiger partial charge in [0.1, 0.15) is 6.54 Å². The first-order valence-corrected chi connectivity index (χ1v) is 3.67. The molecular weight excluding hydrogens is 144 g/mol. The van der Waals surface area contributed by atoms with Gasteiger partial charge in [0.25, 0.3) is 0 Å². The fraction of sp³-hybridized carbons (Fsp3) is 0.714. The van der Waals surface area contributed by atoms with Gasteiger partial charge >= 0.3 is 11.9 Å². The van der Waals surface area contributed by atoms with Gasteiger partial charge in [0.15, 0.2) is 0 Å². The van der Waals surface area contributed by atoms with Crippen LogP contribution in [0, 0.1) is 0 Å². The van der Waals surface area contributed by atoms with Crippen molar-refractivity contribution >= 4 is 11.9 Å². The second kappa shape index (κ2) is 2.30. The van der Waals surface area contributed by atoms with Crippen LogP contribution in [0.25, 0.3) is 0 Å². The maximum atomic E-state index is 11.3. The van der Waals surface area contributed by atoms with E-state index in [1.54, 1.807) is 19.0 Å². The molecule has 62 valence electrons. The van der Waals surface area contributed by atoms with Crippen molar-refractivity contribution in [2.24, 2.45) is 0 Å². The first kappa shape index (κ1) is 8.20. The summed E-state index contributed by atoms with van der Waals surface area (Å²) in [5.74, 6) is -0.0307. The van der Waals surface area contributed by atoms with Gasteiger partial charge in [-0.3, -0.25) is 4.90 Å². The number of carbonyl (C=O) groups excluding carboxylic acids is 2. The van der Waals surface area contributed by atoms with Crippen molar-refractivity contribution in [1.29, 1.82) is 0 Å². The van der Waals surface area contributed by atoms with Gasteiger partial charge in [-0.25, -0.2) is 9.59 Å². The summed E-state index contributed by atoms with van der Waals surface area (Å²) in [6, 6.07) is -0.0995. The standard InChI is InChI=1S/C7H13N2O2/c1-4-8-5-6(10)9(2,3)7(8)11/h4-5H2,1-3H3/q+1. The second-order valence-electron chi connectivity index (χ2n) is 3.14. The average molecular weight is 157 g/mol. The normalized spacial score (nSPS) is 23.0. The average Bonchev–Trinajstić information content (AvgIpc) is 2.14. The SMILES string of the molecule is CCN1CC(=O)[N+](C)(C)C1=O. The van der Waals surface area contributed by atoms with Crippen LogP contribution >= 0.6 is 0 Å². The van der Waals surface area contributed by atoms with Crippen LogP contribution in [0.3, 0.4) is 0 Å². The molecule has 0 spiro atoms. The van der Waals surface area contributed by atoms with E-state index >= 15 is 0 Å². The Balaban J connectivity index is 2.89. The van der Waals surface area contributed by atoms with Gasteiger partial charge < -0.3 is 0 Å². The number of carbonyl (C=O) groups is 2. The third-order valence-corrected chi connectivity index (χ3v) is 2.08. The van der Waals surface area contributed by atoms with E-state index in [1.165, 1.54) is 0 Å². The molecule has 0 saturated carbocycles. The van der Waals surface area contributed by atoms with Gasteiger partial charge in [-0.1, -0.05) is 0 Å². The Kier molecular flexibility index (Phi) is 1.72. The van der Waals surface area contributed by atoms with E-state index in [-0.39, 0.29) is 23.0 Å². The first-order valence-electron chi connectivity index (χ1n) is 3.67. The molecule has 1 heterocycles. The summed E-state index contributed by atoms with van der Waals surface area (Å²) in [5.41, 5.74) is 0. The molecule has 0 N–H and O–H groups in total. The van der Waals surface area contributed by atoms with E-state index in [0.717, 1.165) is 0 Å². The van der Waals surface area contributed by atoms with E-state index < -0.39 is 0 Å². The zero-order chi connectivity index (χ0) is 8.65. The number of hydrogen-bond acceptors (Lipinski definition) is 2. The highest BCUT2D eigenvalue weighted by atomic mass is 16.2. The van der Waals surface area contributed by atoms with Crippen molar-refractivity contribution < 1.29 is 14.1 Å². The summed E-state index contributed by atoms with van der Waals surface area (Å²) in [6.07, 6.45) is 0. The van der Waals surface area contributed by atoms with E-state index in [2.05, 4.69) is 0 Å². The molecule has 1 fully saturated rings. The maximum absolute atomic E-state index is 11.3. The third-order valence-electron chi connectivity index (χ3n) is 2.08. The van der Waals surface area contributed by atoms with Gasteiger partial charge in [-0.2, -0.15) is 4.48 Å². The van der Waals surface area contributed by atoms with Crippen LogP contribution in [0.1, 0.15) is 6.92 Å². The summed E-state index contributed by atoms with van der Waals surface area (Å²) in [7, 11) is 3.25. The molecule has 0 unspecified atom stereocenters. The molecular formula is C7H13N2O2+. The van der Waals surface area contributed by atoms with Crippen LogP contribution < -0.4 is 0 Å². The number of amides is 3. The first-order chi connectivity index (χ1) is 5.00. The summed E-state index contributed by atoms with van der Waals surface area (Å²) < 4.78 is -0.131. The number of quaternary nitrogens is 1. The fourth-order valence-electron chi connectivity index (χ4n) is 1.11. The molecule has 0 atom stereocenters. The molecule has 1 aliphatic rings. The molecule has 4 nitrogen and oxygen atoms in total. The van der Waals surface area contributed by atoms with Crippen molar-refractivity contribution in [1.82, 2.24) is 4.90 Å². The van der Waals surface area contributed by atoms with E-state index in [0.29, 0.717) is 6.54 Å². The Morgan fingerprint density at radius 2 is 2.00 bits per heavy atom. The van der Waals surface area contributed by atoms with Crippen LogP contribution in [0.4, 0.5) is 4.79 Å². The van der Waals surface area contributed by atoms with E-state index in [9.17, 15) is 9.59 Å². The molecule has 4 heteroatoms. The molecule has 1 saturated heterocycles. The zero-order valence-electron chi connectivity index (χ0n) is 7.13. The molecule has 0 aliphatic carbocycles. The molecule has 3 amide bonds. The third kappa shape index (κ3) is 1.03. The maximum Gasteiger partial charge on any atom is 0.426 e. The number of rotatable bonds is 1. The van der Waals surface area contributed by atoms with Crippen LogP contribution in [0.2, 0.25) is 0 Å². The van der Waals surface area contributed by atoms with Gasteiger partial charge in [0.2, 0.25) is 0 Å². The lowest BCUT2D eigenvalue weighted by Gasteiger charge is -2.16. The highest BCUT2D eigenvalue weighted by Crippen LogP contribution is 2.14. The van der Waals surface area contributed by atoms with Crippen molar-refractivity contribution in [3.8, 4) is 0 Å². The molecule has 1 aliphatic heterocycles. The Morgan fingerprint density at radius 1 is 1.45 bits per heavy atom. The molecule has 0 aromatic carbocycles. The summed E-state index contributed by atoms with van der Waals surface area (Å²) in [4.78, 5) is 24.1. The quantitative estimate of drug-likeness (QED) is 0.398. The molecule has 0 aromatic heterocycles. The molecule has 1 rings (SSSR count). The number of nitrogens with zero attached hydrogens (tertiary/aromatic N) is 2. The van der Waals surface area contributed by atoms with Gasteiger partial charge in [-0.05, 0) is 6.92 Å². The Labute approximate surface area is 66.0 Å². The molecule has 0 aromatic rings. The van der Waals surface area contributed by atoms with Crippen LogP contribution in [-0.4, -0.2) is 48.5 Å². The summed E-state index contributed by atoms with van der Waals surface area (Å²) in [5, 5.41) is 0. The van der Waals surface area contributed by atoms with Crippen molar-refractivity contribution in [2.75, 3.05) is 27.2 Å². The monoisotopic (exact) mass is 157 g/mol. The van der Waals surface area contributed by atoms with Gasteiger partial charge in [-0.15, -0.1) is 0 Å². The highest BCUT2D eigenvalue weighted by Gasteiger charge is 2.47. The number of likely N-dealkylation sites (N-methyl/N-ethyl adjacent to an activating group) is 2. The lowest BCUT2D eigenvalue weighted by Crippen LogP contribution is -2.46.